The Kier molecular flexibility index (Phi) is 3.33. The summed E-state index contributed by atoms with van der Waals surface area (Å²) < 4.78 is 10.7. The van der Waals surface area contributed by atoms with Crippen molar-refractivity contribution >= 4 is 13.3 Å². The lowest BCUT2D eigenvalue weighted by molar-refractivity contribution is -0.131. The average Bonchev–Trinajstić information content (AvgIpc) is 1.85. The van der Waals surface area contributed by atoms with Gasteiger partial charge in [0.15, 0.2) is 0 Å². The first-order chi connectivity index (χ1) is 4.48. The minimum atomic E-state index is -3.29. The predicted octanol–water partition coefficient (Wildman–Crippen LogP) is 0.875. The number of carboxylic acids is 1. The van der Waals surface area contributed by atoms with Crippen molar-refractivity contribution in [2.45, 2.75) is 6.92 Å². The molecule has 0 aromatic carbocycles. The van der Waals surface area contributed by atoms with Crippen molar-refractivity contribution in [1.29, 1.82) is 0 Å². The zero-order valence-corrected chi connectivity index (χ0v) is 6.41. The maximum Gasteiger partial charge on any atom is 0.328 e. The molecule has 0 radical (unpaired) electrons. The van der Waals surface area contributed by atoms with Gasteiger partial charge in [-0.15, -0.1) is 0 Å². The minimum absolute atomic E-state index is 0.0663. The third-order valence-electron chi connectivity index (χ3n) is 0.903. The Bertz CT molecular complexity index is 196. The number of carbonyl (C=O) groups is 1. The van der Waals surface area contributed by atoms with Crippen molar-refractivity contribution in [2.24, 2.45) is 0 Å². The molecule has 2 N–H and O–H groups in total. The molecule has 0 aromatic heterocycles. The largest absolute Gasteiger partial charge is 0.478 e. The molecule has 0 aliphatic carbocycles. The van der Waals surface area contributed by atoms with Crippen molar-refractivity contribution in [2.75, 3.05) is 6.16 Å². The second-order valence-electron chi connectivity index (χ2n) is 1.73. The van der Waals surface area contributed by atoms with Crippen LogP contribution < -0.4 is 0 Å². The molecule has 0 bridgehead atoms. The molecule has 4 nitrogen and oxygen atoms in total. The molecule has 0 saturated heterocycles. The van der Waals surface area contributed by atoms with Crippen LogP contribution in [-0.4, -0.2) is 22.1 Å². The van der Waals surface area contributed by atoms with Gasteiger partial charge in [0.2, 0.25) is 7.37 Å². The molecule has 58 valence electrons. The lowest BCUT2D eigenvalue weighted by Gasteiger charge is -1.98. The monoisotopic (exact) mass is 164 g/mol. The van der Waals surface area contributed by atoms with E-state index in [0.29, 0.717) is 6.08 Å². The Balaban J connectivity index is 4.13. The molecule has 0 aliphatic rings. The molecule has 0 aliphatic heterocycles. The molecular formula is C5H9O4P. The van der Waals surface area contributed by atoms with Gasteiger partial charge in [-0.1, -0.05) is 6.92 Å². The molecule has 5 heteroatoms. The van der Waals surface area contributed by atoms with E-state index in [4.69, 9.17) is 10.00 Å². The standard InChI is InChI=1S/C5H9O4P/c1-2-10(8,9)4-3-5(6)7/h3-4H,2H2,1H3,(H,6,7)(H,8,9)/b4-3-. The van der Waals surface area contributed by atoms with Crippen molar-refractivity contribution in [1.82, 2.24) is 0 Å². The van der Waals surface area contributed by atoms with Crippen LogP contribution in [0.1, 0.15) is 6.92 Å². The molecule has 0 amide bonds. The summed E-state index contributed by atoms with van der Waals surface area (Å²) in [6.45, 7) is 1.52. The molecular weight excluding hydrogens is 155 g/mol. The fraction of sp³-hybridized carbons (Fsp3) is 0.400. The van der Waals surface area contributed by atoms with Gasteiger partial charge < -0.3 is 10.00 Å². The van der Waals surface area contributed by atoms with E-state index in [1.807, 2.05) is 0 Å². The maximum absolute atomic E-state index is 10.7. The molecule has 0 rings (SSSR count). The molecule has 0 saturated carbocycles. The first-order valence-electron chi connectivity index (χ1n) is 2.71. The lowest BCUT2D eigenvalue weighted by Crippen LogP contribution is -1.87. The van der Waals surface area contributed by atoms with Gasteiger partial charge in [-0.3, -0.25) is 4.57 Å². The summed E-state index contributed by atoms with van der Waals surface area (Å²) in [6, 6.07) is 0. The highest BCUT2D eigenvalue weighted by Crippen LogP contribution is 2.40. The van der Waals surface area contributed by atoms with E-state index < -0.39 is 13.3 Å². The van der Waals surface area contributed by atoms with E-state index >= 15 is 0 Å². The van der Waals surface area contributed by atoms with Gasteiger partial charge in [0.05, 0.1) is 0 Å². The van der Waals surface area contributed by atoms with Crippen LogP contribution in [0.2, 0.25) is 0 Å². The van der Waals surface area contributed by atoms with Gasteiger partial charge in [0.25, 0.3) is 0 Å². The third kappa shape index (κ3) is 4.30. The zero-order chi connectivity index (χ0) is 8.20. The van der Waals surface area contributed by atoms with Gasteiger partial charge in [-0.25, -0.2) is 4.79 Å². The Labute approximate surface area is 58.6 Å². The molecule has 1 unspecified atom stereocenters. The summed E-state index contributed by atoms with van der Waals surface area (Å²) in [5.41, 5.74) is 0. The third-order valence-corrected chi connectivity index (χ3v) is 2.42. The van der Waals surface area contributed by atoms with E-state index in [1.165, 1.54) is 6.92 Å². The molecule has 0 heterocycles. The fourth-order valence-corrected chi connectivity index (χ4v) is 0.857. The quantitative estimate of drug-likeness (QED) is 0.479. The van der Waals surface area contributed by atoms with Crippen LogP contribution in [0.15, 0.2) is 11.9 Å². The number of rotatable bonds is 3. The Morgan fingerprint density at radius 3 is 2.50 bits per heavy atom. The van der Waals surface area contributed by atoms with Gasteiger partial charge >= 0.3 is 5.97 Å². The highest BCUT2D eigenvalue weighted by atomic mass is 31.2. The summed E-state index contributed by atoms with van der Waals surface area (Å²) in [5.74, 6) is -0.377. The zero-order valence-electron chi connectivity index (χ0n) is 5.52. The van der Waals surface area contributed by atoms with Crippen molar-refractivity contribution in [3.63, 3.8) is 0 Å². The van der Waals surface area contributed by atoms with Crippen LogP contribution in [0.3, 0.4) is 0 Å². The molecule has 1 atom stereocenters. The van der Waals surface area contributed by atoms with Gasteiger partial charge in [-0.2, -0.15) is 0 Å². The maximum atomic E-state index is 10.7. The molecule has 10 heavy (non-hydrogen) atoms. The fourth-order valence-electron chi connectivity index (χ4n) is 0.286. The van der Waals surface area contributed by atoms with E-state index in [2.05, 4.69) is 0 Å². The number of aliphatic carboxylic acids is 1. The molecule has 0 aromatic rings. The second kappa shape index (κ2) is 3.54. The second-order valence-corrected chi connectivity index (χ2v) is 4.17. The van der Waals surface area contributed by atoms with E-state index in [1.54, 1.807) is 0 Å². The van der Waals surface area contributed by atoms with Crippen LogP contribution in [0.5, 0.6) is 0 Å². The Morgan fingerprint density at radius 1 is 1.70 bits per heavy atom. The van der Waals surface area contributed by atoms with E-state index in [0.717, 1.165) is 5.82 Å². The first-order valence-corrected chi connectivity index (χ1v) is 4.63. The minimum Gasteiger partial charge on any atom is -0.478 e. The number of hydrogen-bond donors (Lipinski definition) is 2. The highest BCUT2D eigenvalue weighted by Gasteiger charge is 2.09. The van der Waals surface area contributed by atoms with Crippen LogP contribution >= 0.6 is 7.37 Å². The summed E-state index contributed by atoms with van der Waals surface area (Å²) in [4.78, 5) is 18.6. The van der Waals surface area contributed by atoms with Crippen molar-refractivity contribution in [3.05, 3.63) is 11.9 Å². The molecule has 0 spiro atoms. The normalized spacial score (nSPS) is 17.0. The summed E-state index contributed by atoms with van der Waals surface area (Å²) >= 11 is 0. The SMILES string of the molecule is CCP(=O)(O)/C=C\C(=O)O. The summed E-state index contributed by atoms with van der Waals surface area (Å²) in [7, 11) is -3.29. The lowest BCUT2D eigenvalue weighted by atomic mass is 10.7. The van der Waals surface area contributed by atoms with Gasteiger partial charge in [0.1, 0.15) is 0 Å². The Hall–Kier alpha value is -0.600. The van der Waals surface area contributed by atoms with E-state index in [-0.39, 0.29) is 6.16 Å². The van der Waals surface area contributed by atoms with Crippen LogP contribution in [0, 0.1) is 0 Å². The smallest absolute Gasteiger partial charge is 0.328 e. The van der Waals surface area contributed by atoms with Crippen molar-refractivity contribution in [3.8, 4) is 0 Å². The van der Waals surface area contributed by atoms with Gasteiger partial charge in [0, 0.05) is 18.1 Å². The Morgan fingerprint density at radius 2 is 2.20 bits per heavy atom. The first kappa shape index (κ1) is 9.40. The van der Waals surface area contributed by atoms with Crippen LogP contribution in [0.25, 0.3) is 0 Å². The summed E-state index contributed by atoms with van der Waals surface area (Å²) in [5, 5.41) is 8.05. The van der Waals surface area contributed by atoms with Crippen LogP contribution in [0.4, 0.5) is 0 Å². The number of hydrogen-bond acceptors (Lipinski definition) is 2. The van der Waals surface area contributed by atoms with Gasteiger partial charge in [-0.05, 0) is 0 Å². The van der Waals surface area contributed by atoms with Crippen molar-refractivity contribution < 1.29 is 19.4 Å². The highest BCUT2D eigenvalue weighted by molar-refractivity contribution is 7.61. The molecule has 0 fully saturated rings. The summed E-state index contributed by atoms with van der Waals surface area (Å²) in [6.07, 6.45) is 0.751. The predicted molar refractivity (Wildman–Crippen MR) is 37.1 cm³/mol. The number of carboxylic acid groups (broad SMARTS) is 1. The average molecular weight is 164 g/mol. The van der Waals surface area contributed by atoms with E-state index in [9.17, 15) is 9.36 Å². The van der Waals surface area contributed by atoms with Crippen LogP contribution in [-0.2, 0) is 9.36 Å². The topological polar surface area (TPSA) is 74.6 Å².